The van der Waals surface area contributed by atoms with Crippen LogP contribution >= 0.6 is 0 Å². The summed E-state index contributed by atoms with van der Waals surface area (Å²) in [6.45, 7) is 2.25. The number of hydrogen-bond acceptors (Lipinski definition) is 3. The number of fused-ring (bicyclic) bond motifs is 1. The van der Waals surface area contributed by atoms with Crippen molar-refractivity contribution in [3.05, 3.63) is 54.0 Å². The van der Waals surface area contributed by atoms with Crippen molar-refractivity contribution in [3.63, 3.8) is 0 Å². The van der Waals surface area contributed by atoms with E-state index < -0.39 is 0 Å². The summed E-state index contributed by atoms with van der Waals surface area (Å²) in [5, 5.41) is 9.07. The Morgan fingerprint density at radius 3 is 2.80 bits per heavy atom. The molecule has 3 aromatic rings. The molecule has 102 valence electrons. The fraction of sp³-hybridized carbons (Fsp3) is 0.250. The zero-order valence-electron chi connectivity index (χ0n) is 11.5. The van der Waals surface area contributed by atoms with Crippen LogP contribution in [0.4, 0.5) is 0 Å². The Morgan fingerprint density at radius 2 is 2.00 bits per heavy atom. The van der Waals surface area contributed by atoms with Gasteiger partial charge in [-0.1, -0.05) is 18.2 Å². The number of para-hydroxylation sites is 1. The maximum absolute atomic E-state index is 9.07. The first-order valence-corrected chi connectivity index (χ1v) is 6.80. The molecule has 20 heavy (non-hydrogen) atoms. The molecule has 0 aliphatic carbocycles. The monoisotopic (exact) mass is 267 g/mol. The number of pyridine rings is 1. The van der Waals surface area contributed by atoms with E-state index in [2.05, 4.69) is 33.6 Å². The lowest BCUT2D eigenvalue weighted by atomic mass is 10.2. The molecule has 3 rings (SSSR count). The third-order valence-electron chi connectivity index (χ3n) is 3.40. The van der Waals surface area contributed by atoms with Gasteiger partial charge in [0, 0.05) is 19.2 Å². The Bertz CT molecular complexity index is 733. The number of aliphatic hydroxyl groups excluding tert-OH is 1. The van der Waals surface area contributed by atoms with Crippen LogP contribution in [0.2, 0.25) is 0 Å². The molecule has 0 saturated heterocycles. The van der Waals surface area contributed by atoms with Crippen LogP contribution in [0.1, 0.15) is 17.8 Å². The van der Waals surface area contributed by atoms with Gasteiger partial charge in [0.1, 0.15) is 11.3 Å². The first kappa shape index (κ1) is 12.8. The van der Waals surface area contributed by atoms with E-state index in [4.69, 9.17) is 5.11 Å². The highest BCUT2D eigenvalue weighted by molar-refractivity contribution is 5.74. The van der Waals surface area contributed by atoms with Crippen molar-refractivity contribution < 1.29 is 5.11 Å². The number of hydrogen-bond donors (Lipinski definition) is 1. The second-order valence-corrected chi connectivity index (χ2v) is 4.82. The number of aryl methyl sites for hydroxylation is 2. The van der Waals surface area contributed by atoms with Gasteiger partial charge < -0.3 is 5.11 Å². The Morgan fingerprint density at radius 1 is 1.15 bits per heavy atom. The van der Waals surface area contributed by atoms with E-state index in [0.717, 1.165) is 29.1 Å². The first-order chi connectivity index (χ1) is 9.81. The van der Waals surface area contributed by atoms with Gasteiger partial charge in [-0.2, -0.15) is 0 Å². The lowest BCUT2D eigenvalue weighted by Crippen LogP contribution is -2.04. The third kappa shape index (κ3) is 2.18. The summed E-state index contributed by atoms with van der Waals surface area (Å²) in [4.78, 5) is 9.12. The predicted octanol–water partition coefficient (Wildman–Crippen LogP) is 2.65. The van der Waals surface area contributed by atoms with Crippen LogP contribution in [0.5, 0.6) is 0 Å². The topological polar surface area (TPSA) is 50.9 Å². The summed E-state index contributed by atoms with van der Waals surface area (Å²) in [7, 11) is 0. The van der Waals surface area contributed by atoms with Gasteiger partial charge in [0.15, 0.2) is 5.65 Å². The lowest BCUT2D eigenvalue weighted by Gasteiger charge is -2.11. The summed E-state index contributed by atoms with van der Waals surface area (Å²) in [6.07, 6.45) is 3.23. The van der Waals surface area contributed by atoms with Gasteiger partial charge in [0.2, 0.25) is 0 Å². The van der Waals surface area contributed by atoms with Gasteiger partial charge in [0.25, 0.3) is 0 Å². The van der Waals surface area contributed by atoms with Crippen LogP contribution in [0, 0.1) is 6.92 Å². The number of nitrogens with zero attached hydrogens (tertiary/aromatic N) is 3. The smallest absolute Gasteiger partial charge is 0.164 e. The molecule has 0 amide bonds. The zero-order valence-corrected chi connectivity index (χ0v) is 11.5. The number of aromatic nitrogens is 3. The summed E-state index contributed by atoms with van der Waals surface area (Å²) in [5.41, 5.74) is 4.04. The molecule has 0 unspecified atom stereocenters. The Balaban J connectivity index is 2.23. The minimum absolute atomic E-state index is 0.171. The molecule has 2 aromatic heterocycles. The van der Waals surface area contributed by atoms with Gasteiger partial charge in [-0.05, 0) is 37.1 Å². The fourth-order valence-electron chi connectivity index (χ4n) is 2.43. The van der Waals surface area contributed by atoms with Crippen LogP contribution in [-0.2, 0) is 6.42 Å². The molecular weight excluding hydrogens is 250 g/mol. The summed E-state index contributed by atoms with van der Waals surface area (Å²) >= 11 is 0. The SMILES string of the molecule is Cc1ccccc1-n1c(CCCO)nc2cccnc21. The van der Waals surface area contributed by atoms with Crippen molar-refractivity contribution in [2.75, 3.05) is 6.61 Å². The van der Waals surface area contributed by atoms with E-state index in [9.17, 15) is 0 Å². The van der Waals surface area contributed by atoms with Crippen molar-refractivity contribution in [1.29, 1.82) is 0 Å². The third-order valence-corrected chi connectivity index (χ3v) is 3.40. The molecule has 1 aromatic carbocycles. The molecule has 4 heteroatoms. The second-order valence-electron chi connectivity index (χ2n) is 4.82. The lowest BCUT2D eigenvalue weighted by molar-refractivity contribution is 0.287. The Kier molecular flexibility index (Phi) is 3.48. The Hall–Kier alpha value is -2.20. The van der Waals surface area contributed by atoms with Crippen molar-refractivity contribution in [2.45, 2.75) is 19.8 Å². The van der Waals surface area contributed by atoms with E-state index in [-0.39, 0.29) is 6.61 Å². The summed E-state index contributed by atoms with van der Waals surface area (Å²) < 4.78 is 2.10. The number of imidazole rings is 1. The van der Waals surface area contributed by atoms with E-state index in [1.807, 2.05) is 24.3 Å². The number of benzene rings is 1. The van der Waals surface area contributed by atoms with Crippen molar-refractivity contribution >= 4 is 11.2 Å². The van der Waals surface area contributed by atoms with Crippen LogP contribution in [0.15, 0.2) is 42.6 Å². The fourth-order valence-corrected chi connectivity index (χ4v) is 2.43. The number of rotatable bonds is 4. The molecule has 0 radical (unpaired) electrons. The molecular formula is C16H17N3O. The highest BCUT2D eigenvalue weighted by atomic mass is 16.2. The van der Waals surface area contributed by atoms with Crippen molar-refractivity contribution in [1.82, 2.24) is 14.5 Å². The quantitative estimate of drug-likeness (QED) is 0.790. The molecule has 1 N–H and O–H groups in total. The van der Waals surface area contributed by atoms with Crippen LogP contribution < -0.4 is 0 Å². The standard InChI is InChI=1S/C16H17N3O/c1-12-6-2-3-8-14(12)19-15(9-5-11-20)18-13-7-4-10-17-16(13)19/h2-4,6-8,10,20H,5,9,11H2,1H3. The predicted molar refractivity (Wildman–Crippen MR) is 79.0 cm³/mol. The van der Waals surface area contributed by atoms with Crippen LogP contribution in [-0.4, -0.2) is 26.2 Å². The highest BCUT2D eigenvalue weighted by Gasteiger charge is 2.14. The van der Waals surface area contributed by atoms with Gasteiger partial charge >= 0.3 is 0 Å². The van der Waals surface area contributed by atoms with E-state index in [1.165, 1.54) is 5.56 Å². The highest BCUT2D eigenvalue weighted by Crippen LogP contribution is 2.22. The van der Waals surface area contributed by atoms with Gasteiger partial charge in [0.05, 0.1) is 5.69 Å². The van der Waals surface area contributed by atoms with Gasteiger partial charge in [-0.25, -0.2) is 9.97 Å². The molecule has 0 fully saturated rings. The zero-order chi connectivity index (χ0) is 13.9. The molecule has 0 aliphatic heterocycles. The van der Waals surface area contributed by atoms with Crippen molar-refractivity contribution in [2.24, 2.45) is 0 Å². The molecule has 4 nitrogen and oxygen atoms in total. The molecule has 2 heterocycles. The maximum Gasteiger partial charge on any atom is 0.164 e. The van der Waals surface area contributed by atoms with E-state index in [0.29, 0.717) is 6.42 Å². The second kappa shape index (κ2) is 5.43. The molecule has 0 spiro atoms. The minimum atomic E-state index is 0.171. The molecule has 0 bridgehead atoms. The van der Waals surface area contributed by atoms with Gasteiger partial charge in [-0.3, -0.25) is 4.57 Å². The average Bonchev–Trinajstić information content (AvgIpc) is 2.84. The van der Waals surface area contributed by atoms with E-state index in [1.54, 1.807) is 6.20 Å². The summed E-state index contributed by atoms with van der Waals surface area (Å²) in [6, 6.07) is 12.1. The first-order valence-electron chi connectivity index (χ1n) is 6.80. The Labute approximate surface area is 117 Å². The van der Waals surface area contributed by atoms with Crippen LogP contribution in [0.25, 0.3) is 16.9 Å². The van der Waals surface area contributed by atoms with Gasteiger partial charge in [-0.15, -0.1) is 0 Å². The maximum atomic E-state index is 9.07. The van der Waals surface area contributed by atoms with Crippen LogP contribution in [0.3, 0.4) is 0 Å². The van der Waals surface area contributed by atoms with Crippen molar-refractivity contribution in [3.8, 4) is 5.69 Å². The molecule has 0 atom stereocenters. The normalized spacial score (nSPS) is 11.1. The minimum Gasteiger partial charge on any atom is -0.396 e. The largest absolute Gasteiger partial charge is 0.396 e. The molecule has 0 aliphatic rings. The number of aliphatic hydroxyl groups is 1. The summed E-state index contributed by atoms with van der Waals surface area (Å²) in [5.74, 6) is 0.946. The molecule has 0 saturated carbocycles. The van der Waals surface area contributed by atoms with E-state index >= 15 is 0 Å². The average molecular weight is 267 g/mol.